The summed E-state index contributed by atoms with van der Waals surface area (Å²) in [5.41, 5.74) is 2.83. The van der Waals surface area contributed by atoms with E-state index in [0.717, 1.165) is 6.54 Å². The van der Waals surface area contributed by atoms with E-state index < -0.39 is 5.97 Å². The first-order chi connectivity index (χ1) is 8.41. The second-order valence-corrected chi connectivity index (χ2v) is 5.59. The minimum absolute atomic E-state index is 0.302. The number of hydrogen-bond donors (Lipinski definition) is 1. The number of carboxylic acids is 1. The van der Waals surface area contributed by atoms with Crippen LogP contribution in [0.2, 0.25) is 0 Å². The van der Waals surface area contributed by atoms with E-state index in [1.54, 1.807) is 6.07 Å². The zero-order valence-corrected chi connectivity index (χ0v) is 11.5. The molecule has 0 bridgehead atoms. The van der Waals surface area contributed by atoms with Gasteiger partial charge in [-0.3, -0.25) is 4.90 Å². The largest absolute Gasteiger partial charge is 0.478 e. The van der Waals surface area contributed by atoms with E-state index in [4.69, 9.17) is 5.11 Å². The summed E-state index contributed by atoms with van der Waals surface area (Å²) in [6, 6.07) is 6.19. The van der Waals surface area contributed by atoms with Crippen LogP contribution < -0.4 is 0 Å². The van der Waals surface area contributed by atoms with Gasteiger partial charge in [0.15, 0.2) is 0 Å². The average Bonchev–Trinajstić information content (AvgIpc) is 2.53. The summed E-state index contributed by atoms with van der Waals surface area (Å²) in [6.45, 7) is 9.83. The summed E-state index contributed by atoms with van der Waals surface area (Å²) in [7, 11) is 0. The van der Waals surface area contributed by atoms with E-state index >= 15 is 0 Å². The summed E-state index contributed by atoms with van der Waals surface area (Å²) < 4.78 is 0. The zero-order chi connectivity index (χ0) is 13.4. The van der Waals surface area contributed by atoms with Crippen molar-refractivity contribution >= 4 is 5.97 Å². The highest BCUT2D eigenvalue weighted by Gasteiger charge is 2.33. The van der Waals surface area contributed by atoms with Gasteiger partial charge in [-0.1, -0.05) is 19.9 Å². The van der Waals surface area contributed by atoms with Crippen LogP contribution in [0, 0.1) is 5.92 Å². The maximum atomic E-state index is 11.0. The molecular weight excluding hydrogens is 226 g/mol. The first-order valence-corrected chi connectivity index (χ1v) is 6.54. The Bertz CT molecular complexity index is 468. The molecule has 3 nitrogen and oxygen atoms in total. The lowest BCUT2D eigenvalue weighted by Gasteiger charge is -2.28. The highest BCUT2D eigenvalue weighted by molar-refractivity contribution is 5.88. The van der Waals surface area contributed by atoms with E-state index in [0.29, 0.717) is 23.6 Å². The van der Waals surface area contributed by atoms with Gasteiger partial charge in [-0.15, -0.1) is 0 Å². The van der Waals surface area contributed by atoms with Crippen molar-refractivity contribution in [3.05, 3.63) is 34.9 Å². The maximum Gasteiger partial charge on any atom is 0.335 e. The number of carboxylic acid groups (broad SMARTS) is 1. The van der Waals surface area contributed by atoms with Crippen molar-refractivity contribution in [2.75, 3.05) is 6.54 Å². The molecule has 3 heteroatoms. The Hall–Kier alpha value is -1.35. The molecule has 0 radical (unpaired) electrons. The summed E-state index contributed by atoms with van der Waals surface area (Å²) in [5.74, 6) is -0.233. The van der Waals surface area contributed by atoms with Crippen LogP contribution in [0.4, 0.5) is 0 Å². The van der Waals surface area contributed by atoms with Crippen molar-refractivity contribution in [2.45, 2.75) is 39.8 Å². The fraction of sp³-hybridized carbons (Fsp3) is 0.533. The molecule has 2 unspecified atom stereocenters. The molecule has 98 valence electrons. The minimum Gasteiger partial charge on any atom is -0.478 e. The average molecular weight is 247 g/mol. The molecule has 18 heavy (non-hydrogen) atoms. The molecular formula is C15H21NO2. The van der Waals surface area contributed by atoms with Gasteiger partial charge in [0, 0.05) is 18.6 Å². The van der Waals surface area contributed by atoms with Crippen molar-refractivity contribution in [3.63, 3.8) is 0 Å². The Balaban J connectivity index is 2.36. The van der Waals surface area contributed by atoms with Gasteiger partial charge < -0.3 is 5.11 Å². The number of benzene rings is 1. The number of rotatable bonds is 3. The molecule has 0 saturated carbocycles. The topological polar surface area (TPSA) is 40.5 Å². The third-order valence-corrected chi connectivity index (χ3v) is 3.80. The smallest absolute Gasteiger partial charge is 0.335 e. The molecule has 0 saturated heterocycles. The lowest BCUT2D eigenvalue weighted by atomic mass is 10.0. The maximum absolute atomic E-state index is 11.0. The highest BCUT2D eigenvalue weighted by Crippen LogP contribution is 2.42. The molecule has 0 fully saturated rings. The molecule has 1 aromatic carbocycles. The summed E-state index contributed by atoms with van der Waals surface area (Å²) >= 11 is 0. The summed E-state index contributed by atoms with van der Waals surface area (Å²) in [6.07, 6.45) is 0. The van der Waals surface area contributed by atoms with Crippen LogP contribution in [0.3, 0.4) is 0 Å². The monoisotopic (exact) mass is 247 g/mol. The van der Waals surface area contributed by atoms with Gasteiger partial charge in [0.2, 0.25) is 0 Å². The molecule has 1 aromatic rings. The van der Waals surface area contributed by atoms with Crippen molar-refractivity contribution in [1.29, 1.82) is 0 Å². The van der Waals surface area contributed by atoms with Gasteiger partial charge in [-0.25, -0.2) is 4.79 Å². The van der Waals surface area contributed by atoms with E-state index in [1.807, 2.05) is 12.1 Å². The van der Waals surface area contributed by atoms with Crippen LogP contribution >= 0.6 is 0 Å². The van der Waals surface area contributed by atoms with Gasteiger partial charge in [-0.2, -0.15) is 0 Å². The Morgan fingerprint density at radius 1 is 1.28 bits per heavy atom. The van der Waals surface area contributed by atoms with Crippen LogP contribution in [0.1, 0.15) is 61.3 Å². The lowest BCUT2D eigenvalue weighted by Crippen LogP contribution is -2.27. The molecule has 2 atom stereocenters. The van der Waals surface area contributed by atoms with Gasteiger partial charge in [0.25, 0.3) is 0 Å². The number of nitrogens with zero attached hydrogens (tertiary/aromatic N) is 1. The molecule has 0 aliphatic carbocycles. The second kappa shape index (κ2) is 4.73. The van der Waals surface area contributed by atoms with Crippen LogP contribution in [-0.2, 0) is 0 Å². The number of carbonyl (C=O) groups is 1. The van der Waals surface area contributed by atoms with Gasteiger partial charge >= 0.3 is 5.97 Å². The number of hydrogen-bond acceptors (Lipinski definition) is 2. The van der Waals surface area contributed by atoms with Crippen LogP contribution in [0.25, 0.3) is 0 Å². The van der Waals surface area contributed by atoms with Gasteiger partial charge in [0.05, 0.1) is 5.56 Å². The fourth-order valence-corrected chi connectivity index (χ4v) is 2.88. The number of aromatic carboxylic acids is 1. The minimum atomic E-state index is -0.847. The first-order valence-electron chi connectivity index (χ1n) is 6.54. The Kier molecular flexibility index (Phi) is 3.44. The van der Waals surface area contributed by atoms with Gasteiger partial charge in [0.1, 0.15) is 0 Å². The van der Waals surface area contributed by atoms with Crippen molar-refractivity contribution in [2.24, 2.45) is 5.92 Å². The molecule has 1 aliphatic rings. The third kappa shape index (κ3) is 2.15. The standard InChI is InChI=1S/C15H21NO2/c1-9(2)8-16-10(3)13-6-5-12(15(17)18)7-14(13)11(16)4/h5-7,9-11H,8H2,1-4H3,(H,17,18). The summed E-state index contributed by atoms with van der Waals surface area (Å²) in [5, 5.41) is 9.07. The van der Waals surface area contributed by atoms with E-state index in [2.05, 4.69) is 32.6 Å². The van der Waals surface area contributed by atoms with Crippen LogP contribution in [-0.4, -0.2) is 22.5 Å². The fourth-order valence-electron chi connectivity index (χ4n) is 2.88. The predicted molar refractivity (Wildman–Crippen MR) is 71.8 cm³/mol. The van der Waals surface area contributed by atoms with Crippen LogP contribution in [0.15, 0.2) is 18.2 Å². The van der Waals surface area contributed by atoms with E-state index in [9.17, 15) is 4.79 Å². The molecule has 1 heterocycles. The second-order valence-electron chi connectivity index (χ2n) is 5.59. The molecule has 0 amide bonds. The Morgan fingerprint density at radius 2 is 1.89 bits per heavy atom. The molecule has 0 aromatic heterocycles. The zero-order valence-electron chi connectivity index (χ0n) is 11.5. The predicted octanol–water partition coefficient (Wildman–Crippen LogP) is 3.48. The van der Waals surface area contributed by atoms with Crippen molar-refractivity contribution in [3.8, 4) is 0 Å². The van der Waals surface area contributed by atoms with E-state index in [1.165, 1.54) is 11.1 Å². The molecule has 2 rings (SSSR count). The SMILES string of the molecule is CC(C)CN1C(C)c2ccc(C(=O)O)cc2C1C. The summed E-state index contributed by atoms with van der Waals surface area (Å²) in [4.78, 5) is 13.5. The van der Waals surface area contributed by atoms with Crippen LogP contribution in [0.5, 0.6) is 0 Å². The Labute approximate surface area is 108 Å². The molecule has 1 N–H and O–H groups in total. The van der Waals surface area contributed by atoms with Crippen molar-refractivity contribution in [1.82, 2.24) is 4.90 Å². The quantitative estimate of drug-likeness (QED) is 0.889. The van der Waals surface area contributed by atoms with E-state index in [-0.39, 0.29) is 0 Å². The van der Waals surface area contributed by atoms with Gasteiger partial charge in [-0.05, 0) is 43.0 Å². The first kappa shape index (κ1) is 13.1. The van der Waals surface area contributed by atoms with Crippen molar-refractivity contribution < 1.29 is 9.90 Å². The molecule has 1 aliphatic heterocycles. The Morgan fingerprint density at radius 3 is 2.44 bits per heavy atom. The number of fused-ring (bicyclic) bond motifs is 1. The molecule has 0 spiro atoms. The highest BCUT2D eigenvalue weighted by atomic mass is 16.4. The normalized spacial score (nSPS) is 23.4. The lowest BCUT2D eigenvalue weighted by molar-refractivity contribution is 0.0696. The third-order valence-electron chi connectivity index (χ3n) is 3.80.